The van der Waals surface area contributed by atoms with Crippen LogP contribution in [0.15, 0.2) is 12.4 Å². The van der Waals surface area contributed by atoms with Crippen LogP contribution < -0.4 is 0 Å². The van der Waals surface area contributed by atoms with Gasteiger partial charge in [0.15, 0.2) is 0 Å². The van der Waals surface area contributed by atoms with E-state index in [-0.39, 0.29) is 6.03 Å². The van der Waals surface area contributed by atoms with E-state index < -0.39 is 12.0 Å². The van der Waals surface area contributed by atoms with Gasteiger partial charge in [-0.15, -0.1) is 0 Å². The Balaban J connectivity index is 2.60. The van der Waals surface area contributed by atoms with Gasteiger partial charge in [-0.25, -0.2) is 9.59 Å². The Morgan fingerprint density at radius 3 is 2.65 bits per heavy atom. The number of urea groups is 1. The number of rotatable bonds is 4. The second kappa shape index (κ2) is 5.33. The number of nitrogens with zero attached hydrogens (tertiary/aromatic N) is 3. The molecule has 1 aromatic heterocycles. The van der Waals surface area contributed by atoms with Gasteiger partial charge in [0.1, 0.15) is 6.04 Å². The van der Waals surface area contributed by atoms with E-state index in [1.165, 1.54) is 23.8 Å². The van der Waals surface area contributed by atoms with Crippen LogP contribution in [0.4, 0.5) is 4.79 Å². The van der Waals surface area contributed by atoms with E-state index in [9.17, 15) is 9.59 Å². The summed E-state index contributed by atoms with van der Waals surface area (Å²) in [5.41, 5.74) is 0.859. The van der Waals surface area contributed by atoms with Gasteiger partial charge in [0.25, 0.3) is 0 Å². The Bertz CT molecular complexity index is 390. The quantitative estimate of drug-likeness (QED) is 0.795. The molecule has 1 unspecified atom stereocenters. The lowest BCUT2D eigenvalue weighted by atomic mass is 10.3. The van der Waals surface area contributed by atoms with Gasteiger partial charge < -0.3 is 14.9 Å². The fraction of sp³-hybridized carbons (Fsp3) is 0.500. The first-order valence-corrected chi connectivity index (χ1v) is 5.12. The van der Waals surface area contributed by atoms with Gasteiger partial charge in [0, 0.05) is 25.9 Å². The number of hydrogen-bond donors (Lipinski definition) is 2. The molecule has 1 atom stereocenters. The maximum absolute atomic E-state index is 11.9. The van der Waals surface area contributed by atoms with Crippen LogP contribution in [-0.4, -0.2) is 57.2 Å². The Morgan fingerprint density at radius 2 is 2.18 bits per heavy atom. The highest BCUT2D eigenvalue weighted by atomic mass is 16.4. The molecule has 1 heterocycles. The molecule has 2 amide bonds. The topological polar surface area (TPSA) is 89.5 Å². The van der Waals surface area contributed by atoms with E-state index in [4.69, 9.17) is 5.11 Å². The lowest BCUT2D eigenvalue weighted by Gasteiger charge is -2.27. The highest BCUT2D eigenvalue weighted by Crippen LogP contribution is 2.05. The largest absolute Gasteiger partial charge is 0.480 e. The molecule has 94 valence electrons. The average molecular weight is 240 g/mol. The minimum absolute atomic E-state index is 0.346. The van der Waals surface area contributed by atoms with Crippen molar-refractivity contribution in [3.05, 3.63) is 18.0 Å². The average Bonchev–Trinajstić information content (AvgIpc) is 2.78. The number of aliphatic carboxylic acids is 1. The van der Waals surface area contributed by atoms with Crippen LogP contribution in [0.25, 0.3) is 0 Å². The summed E-state index contributed by atoms with van der Waals surface area (Å²) in [6.07, 6.45) is 3.30. The summed E-state index contributed by atoms with van der Waals surface area (Å²) in [6, 6.07) is -1.20. The van der Waals surface area contributed by atoms with E-state index >= 15 is 0 Å². The van der Waals surface area contributed by atoms with Crippen LogP contribution >= 0.6 is 0 Å². The molecule has 0 saturated carbocycles. The van der Waals surface area contributed by atoms with Crippen molar-refractivity contribution in [3.8, 4) is 0 Å². The van der Waals surface area contributed by atoms with Gasteiger partial charge in [0.2, 0.25) is 0 Å². The minimum atomic E-state index is -1.03. The molecule has 1 aromatic rings. The van der Waals surface area contributed by atoms with E-state index in [1.54, 1.807) is 19.4 Å². The third-order valence-corrected chi connectivity index (χ3v) is 2.54. The zero-order valence-electron chi connectivity index (χ0n) is 10.0. The van der Waals surface area contributed by atoms with Gasteiger partial charge >= 0.3 is 12.0 Å². The predicted molar refractivity (Wildman–Crippen MR) is 60.3 cm³/mol. The van der Waals surface area contributed by atoms with Gasteiger partial charge in [0.05, 0.1) is 12.7 Å². The summed E-state index contributed by atoms with van der Waals surface area (Å²) in [5, 5.41) is 15.2. The second-order valence-electron chi connectivity index (χ2n) is 3.87. The Labute approximate surface area is 99.0 Å². The number of amides is 2. The van der Waals surface area contributed by atoms with Crippen molar-refractivity contribution in [2.45, 2.75) is 19.5 Å². The second-order valence-corrected chi connectivity index (χ2v) is 3.87. The van der Waals surface area contributed by atoms with Crippen LogP contribution in [0.3, 0.4) is 0 Å². The predicted octanol–water partition coefficient (Wildman–Crippen LogP) is 0.366. The van der Waals surface area contributed by atoms with Crippen molar-refractivity contribution in [2.75, 3.05) is 14.1 Å². The van der Waals surface area contributed by atoms with Gasteiger partial charge in [-0.1, -0.05) is 0 Å². The molecule has 1 rings (SSSR count). The normalized spacial score (nSPS) is 11.9. The first kappa shape index (κ1) is 13.0. The summed E-state index contributed by atoms with van der Waals surface area (Å²) < 4.78 is 0. The van der Waals surface area contributed by atoms with Gasteiger partial charge in [-0.3, -0.25) is 5.10 Å². The lowest BCUT2D eigenvalue weighted by molar-refractivity contribution is -0.141. The van der Waals surface area contributed by atoms with Crippen molar-refractivity contribution in [1.29, 1.82) is 0 Å². The number of H-pyrrole nitrogens is 1. The Kier molecular flexibility index (Phi) is 4.08. The van der Waals surface area contributed by atoms with E-state index in [0.29, 0.717) is 6.54 Å². The smallest absolute Gasteiger partial charge is 0.326 e. The zero-order chi connectivity index (χ0) is 13.0. The number of likely N-dealkylation sites (N-methyl/N-ethyl adjacent to an activating group) is 1. The minimum Gasteiger partial charge on any atom is -0.480 e. The van der Waals surface area contributed by atoms with Crippen LogP contribution in [0.1, 0.15) is 12.5 Å². The van der Waals surface area contributed by atoms with Crippen LogP contribution in [0, 0.1) is 0 Å². The van der Waals surface area contributed by atoms with Crippen molar-refractivity contribution in [3.63, 3.8) is 0 Å². The molecule has 0 aliphatic carbocycles. The van der Waals surface area contributed by atoms with E-state index in [0.717, 1.165) is 5.56 Å². The molecule has 7 heteroatoms. The molecule has 0 aliphatic rings. The molecule has 0 fully saturated rings. The summed E-state index contributed by atoms with van der Waals surface area (Å²) in [5.74, 6) is -1.03. The van der Waals surface area contributed by atoms with E-state index in [1.807, 2.05) is 0 Å². The maximum Gasteiger partial charge on any atom is 0.326 e. The Morgan fingerprint density at radius 1 is 1.53 bits per heavy atom. The molecule has 0 aliphatic heterocycles. The molecular weight excluding hydrogens is 224 g/mol. The Hall–Kier alpha value is -2.05. The number of carboxylic acids is 1. The fourth-order valence-corrected chi connectivity index (χ4v) is 1.31. The molecule has 7 nitrogen and oxygen atoms in total. The zero-order valence-corrected chi connectivity index (χ0v) is 10.0. The summed E-state index contributed by atoms with van der Waals surface area (Å²) >= 11 is 0. The number of aromatic amines is 1. The molecule has 0 spiro atoms. The van der Waals surface area contributed by atoms with Crippen molar-refractivity contribution in [2.24, 2.45) is 0 Å². The van der Waals surface area contributed by atoms with Gasteiger partial charge in [-0.05, 0) is 6.92 Å². The number of aromatic nitrogens is 2. The fourth-order valence-electron chi connectivity index (χ4n) is 1.31. The number of carbonyl (C=O) groups is 2. The lowest BCUT2D eigenvalue weighted by Crippen LogP contribution is -2.46. The molecule has 0 bridgehead atoms. The molecule has 0 radical (unpaired) electrons. The number of nitrogens with one attached hydrogen (secondary N) is 1. The molecule has 2 N–H and O–H groups in total. The molecular formula is C10H16N4O3. The van der Waals surface area contributed by atoms with Crippen LogP contribution in [-0.2, 0) is 11.3 Å². The summed E-state index contributed by atoms with van der Waals surface area (Å²) in [4.78, 5) is 25.2. The van der Waals surface area contributed by atoms with Crippen molar-refractivity contribution in [1.82, 2.24) is 20.0 Å². The maximum atomic E-state index is 11.9. The summed E-state index contributed by atoms with van der Waals surface area (Å²) in [7, 11) is 3.08. The van der Waals surface area contributed by atoms with Crippen LogP contribution in [0.2, 0.25) is 0 Å². The number of hydrogen-bond acceptors (Lipinski definition) is 3. The molecule has 0 saturated heterocycles. The highest BCUT2D eigenvalue weighted by molar-refractivity contribution is 5.82. The van der Waals surface area contributed by atoms with Crippen molar-refractivity contribution >= 4 is 12.0 Å². The van der Waals surface area contributed by atoms with Crippen LogP contribution in [0.5, 0.6) is 0 Å². The van der Waals surface area contributed by atoms with Crippen molar-refractivity contribution < 1.29 is 14.7 Å². The molecule has 0 aromatic carbocycles. The number of carboxylic acid groups (broad SMARTS) is 1. The standard InChI is InChI=1S/C10H16N4O3/c1-7(9(15)16)14(3)10(17)13(2)6-8-4-11-12-5-8/h4-5,7H,6H2,1-3H3,(H,11,12)(H,15,16). The monoisotopic (exact) mass is 240 g/mol. The highest BCUT2D eigenvalue weighted by Gasteiger charge is 2.24. The third kappa shape index (κ3) is 3.20. The first-order valence-electron chi connectivity index (χ1n) is 5.12. The van der Waals surface area contributed by atoms with Gasteiger partial charge in [-0.2, -0.15) is 5.10 Å². The SMILES string of the molecule is CC(C(=O)O)N(C)C(=O)N(C)Cc1cn[nH]c1. The number of carbonyl (C=O) groups excluding carboxylic acids is 1. The van der Waals surface area contributed by atoms with E-state index in [2.05, 4.69) is 10.2 Å². The summed E-state index contributed by atoms with van der Waals surface area (Å²) in [6.45, 7) is 1.85. The molecule has 17 heavy (non-hydrogen) atoms. The third-order valence-electron chi connectivity index (χ3n) is 2.54. The first-order chi connectivity index (χ1) is 7.93.